The van der Waals surface area contributed by atoms with Gasteiger partial charge in [-0.05, 0) is 24.3 Å². The van der Waals surface area contributed by atoms with Crippen molar-refractivity contribution in [2.24, 2.45) is 0 Å². The van der Waals surface area contributed by atoms with Gasteiger partial charge < -0.3 is 4.74 Å². The van der Waals surface area contributed by atoms with Gasteiger partial charge in [0.05, 0.1) is 12.7 Å². The summed E-state index contributed by atoms with van der Waals surface area (Å²) in [5, 5.41) is 0. The van der Waals surface area contributed by atoms with Crippen LogP contribution >= 0.6 is 0 Å². The van der Waals surface area contributed by atoms with Crippen LogP contribution in [0.4, 0.5) is 0 Å². The molecule has 0 radical (unpaired) electrons. The van der Waals surface area contributed by atoms with Gasteiger partial charge >= 0.3 is 0 Å². The van der Waals surface area contributed by atoms with E-state index in [0.29, 0.717) is 10.1 Å². The Morgan fingerprint density at radius 3 is 2.57 bits per heavy atom. The number of nitrogens with zero attached hydrogens (tertiary/aromatic N) is 1. The average molecular weight is 331 g/mol. The van der Waals surface area contributed by atoms with E-state index < -0.39 is 28.3 Å². The van der Waals surface area contributed by atoms with Crippen LogP contribution in [0, 0.1) is 0 Å². The van der Waals surface area contributed by atoms with Crippen molar-refractivity contribution in [3.05, 3.63) is 59.7 Å². The zero-order valence-electron chi connectivity index (χ0n) is 12.2. The second-order valence-corrected chi connectivity index (χ2v) is 6.80. The highest BCUT2D eigenvalue weighted by molar-refractivity contribution is 7.90. The van der Waals surface area contributed by atoms with Crippen molar-refractivity contribution in [1.82, 2.24) is 4.31 Å². The molecule has 0 saturated heterocycles. The molecule has 2 aromatic rings. The van der Waals surface area contributed by atoms with E-state index in [1.165, 1.54) is 31.4 Å². The third-order valence-corrected chi connectivity index (χ3v) is 5.38. The third-order valence-electron chi connectivity index (χ3n) is 3.59. The lowest BCUT2D eigenvalue weighted by molar-refractivity contribution is 0.0820. The number of hydrogen-bond donors (Lipinski definition) is 0. The molecule has 0 aliphatic carbocycles. The molecule has 7 heteroatoms. The summed E-state index contributed by atoms with van der Waals surface area (Å²) in [6.45, 7) is -0.539. The summed E-state index contributed by atoms with van der Waals surface area (Å²) in [6.07, 6.45) is 0. The zero-order valence-corrected chi connectivity index (χ0v) is 13.0. The summed E-state index contributed by atoms with van der Waals surface area (Å²) in [4.78, 5) is 24.5. The van der Waals surface area contributed by atoms with Crippen LogP contribution in [0.25, 0.3) is 0 Å². The lowest BCUT2D eigenvalue weighted by Crippen LogP contribution is -2.35. The second-order valence-electron chi connectivity index (χ2n) is 4.97. The molecule has 0 saturated carbocycles. The van der Waals surface area contributed by atoms with Crippen molar-refractivity contribution in [2.45, 2.75) is 4.90 Å². The Bertz CT molecular complexity index is 904. The van der Waals surface area contributed by atoms with Gasteiger partial charge in [-0.2, -0.15) is 0 Å². The van der Waals surface area contributed by atoms with Gasteiger partial charge in [-0.1, -0.05) is 24.3 Å². The molecule has 0 fully saturated rings. The van der Waals surface area contributed by atoms with Gasteiger partial charge in [0.1, 0.15) is 17.2 Å². The van der Waals surface area contributed by atoms with Crippen LogP contribution in [0.5, 0.6) is 5.75 Å². The van der Waals surface area contributed by atoms with Crippen LogP contribution in [0.3, 0.4) is 0 Å². The Morgan fingerprint density at radius 2 is 1.87 bits per heavy atom. The number of Topliss-reactive ketones (excluding diaryl/α,β-unsaturated/α-hetero) is 1. The quantitative estimate of drug-likeness (QED) is 0.797. The minimum atomic E-state index is -3.98. The molecular formula is C16H13NO5S. The van der Waals surface area contributed by atoms with Crippen LogP contribution in [-0.4, -0.2) is 38.1 Å². The first-order valence-electron chi connectivity index (χ1n) is 6.78. The van der Waals surface area contributed by atoms with Crippen molar-refractivity contribution >= 4 is 21.7 Å². The molecule has 1 amide bonds. The molecule has 0 bridgehead atoms. The third kappa shape index (κ3) is 2.49. The SMILES string of the molecule is COc1cccc(C(=O)CN2C(=O)c3ccccc3S2(=O)=O)c1. The monoisotopic (exact) mass is 331 g/mol. The molecule has 1 aliphatic rings. The zero-order chi connectivity index (χ0) is 16.6. The van der Waals surface area contributed by atoms with Crippen LogP contribution in [-0.2, 0) is 10.0 Å². The van der Waals surface area contributed by atoms with Gasteiger partial charge in [-0.25, -0.2) is 12.7 Å². The molecule has 6 nitrogen and oxygen atoms in total. The minimum Gasteiger partial charge on any atom is -0.497 e. The number of amides is 1. The molecule has 118 valence electrons. The Morgan fingerprint density at radius 1 is 1.13 bits per heavy atom. The maximum atomic E-state index is 12.4. The van der Waals surface area contributed by atoms with Gasteiger partial charge in [0.15, 0.2) is 5.78 Å². The number of benzene rings is 2. The number of ketones is 1. The van der Waals surface area contributed by atoms with Crippen molar-refractivity contribution in [3.8, 4) is 5.75 Å². The van der Waals surface area contributed by atoms with Crippen LogP contribution in [0.2, 0.25) is 0 Å². The van der Waals surface area contributed by atoms with E-state index in [1.54, 1.807) is 24.3 Å². The van der Waals surface area contributed by atoms with Crippen molar-refractivity contribution in [1.29, 1.82) is 0 Å². The number of rotatable bonds is 4. The molecule has 23 heavy (non-hydrogen) atoms. The number of carbonyl (C=O) groups is 2. The van der Waals surface area contributed by atoms with E-state index in [9.17, 15) is 18.0 Å². The van der Waals surface area contributed by atoms with Crippen LogP contribution in [0.1, 0.15) is 20.7 Å². The molecule has 0 atom stereocenters. The minimum absolute atomic E-state index is 0.0663. The summed E-state index contributed by atoms with van der Waals surface area (Å²) >= 11 is 0. The number of carbonyl (C=O) groups excluding carboxylic acids is 2. The van der Waals surface area contributed by atoms with E-state index in [2.05, 4.69) is 0 Å². The van der Waals surface area contributed by atoms with E-state index in [1.807, 2.05) is 0 Å². The molecule has 1 heterocycles. The maximum Gasteiger partial charge on any atom is 0.269 e. The van der Waals surface area contributed by atoms with Gasteiger partial charge in [-0.15, -0.1) is 0 Å². The lowest BCUT2D eigenvalue weighted by Gasteiger charge is -2.14. The number of ether oxygens (including phenoxy) is 1. The summed E-state index contributed by atoms with van der Waals surface area (Å²) in [5.74, 6) is -0.680. The summed E-state index contributed by atoms with van der Waals surface area (Å²) in [6, 6.07) is 12.3. The smallest absolute Gasteiger partial charge is 0.269 e. The highest BCUT2D eigenvalue weighted by atomic mass is 32.2. The normalized spacial score (nSPS) is 15.3. The fourth-order valence-electron chi connectivity index (χ4n) is 2.41. The Kier molecular flexibility index (Phi) is 3.65. The molecule has 1 aliphatic heterocycles. The van der Waals surface area contributed by atoms with Crippen LogP contribution < -0.4 is 4.74 Å². The summed E-state index contributed by atoms with van der Waals surface area (Å²) in [5.41, 5.74) is 0.370. The van der Waals surface area contributed by atoms with E-state index in [-0.39, 0.29) is 16.0 Å². The van der Waals surface area contributed by atoms with Gasteiger partial charge in [0.25, 0.3) is 15.9 Å². The van der Waals surface area contributed by atoms with Crippen molar-refractivity contribution < 1.29 is 22.7 Å². The van der Waals surface area contributed by atoms with Gasteiger partial charge in [0, 0.05) is 5.56 Å². The predicted octanol–water partition coefficient (Wildman–Crippen LogP) is 1.72. The molecular weight excluding hydrogens is 318 g/mol. The average Bonchev–Trinajstić information content (AvgIpc) is 2.76. The standard InChI is InChI=1S/C16H13NO5S/c1-22-12-6-4-5-11(9-12)14(18)10-17-16(19)13-7-2-3-8-15(13)23(17,20)21/h2-9H,10H2,1H3. The first-order valence-corrected chi connectivity index (χ1v) is 8.22. The molecule has 2 aromatic carbocycles. The lowest BCUT2D eigenvalue weighted by atomic mass is 10.1. The van der Waals surface area contributed by atoms with Gasteiger partial charge in [-0.3, -0.25) is 9.59 Å². The van der Waals surface area contributed by atoms with E-state index in [4.69, 9.17) is 4.74 Å². The Balaban J connectivity index is 1.92. The molecule has 3 rings (SSSR count). The second kappa shape index (κ2) is 5.51. The summed E-state index contributed by atoms with van der Waals surface area (Å²) in [7, 11) is -2.52. The largest absolute Gasteiger partial charge is 0.497 e. The Labute approximate surface area is 133 Å². The molecule has 0 spiro atoms. The fraction of sp³-hybridized carbons (Fsp3) is 0.125. The highest BCUT2D eigenvalue weighted by Gasteiger charge is 2.41. The maximum absolute atomic E-state index is 12.4. The highest BCUT2D eigenvalue weighted by Crippen LogP contribution is 2.30. The fourth-order valence-corrected chi connectivity index (χ4v) is 3.93. The van der Waals surface area contributed by atoms with Crippen molar-refractivity contribution in [2.75, 3.05) is 13.7 Å². The summed E-state index contributed by atoms with van der Waals surface area (Å²) < 4.78 is 30.5. The first kappa shape index (κ1) is 15.2. The predicted molar refractivity (Wildman–Crippen MR) is 82.0 cm³/mol. The number of fused-ring (bicyclic) bond motifs is 1. The van der Waals surface area contributed by atoms with E-state index in [0.717, 1.165) is 0 Å². The molecule has 0 N–H and O–H groups in total. The molecule has 0 unspecified atom stereocenters. The molecule has 0 aromatic heterocycles. The van der Waals surface area contributed by atoms with E-state index >= 15 is 0 Å². The van der Waals surface area contributed by atoms with Gasteiger partial charge in [0.2, 0.25) is 0 Å². The number of hydrogen-bond acceptors (Lipinski definition) is 5. The van der Waals surface area contributed by atoms with Crippen LogP contribution in [0.15, 0.2) is 53.4 Å². The van der Waals surface area contributed by atoms with Crippen molar-refractivity contribution in [3.63, 3.8) is 0 Å². The first-order chi connectivity index (χ1) is 10.9. The Hall–Kier alpha value is -2.67. The number of sulfonamides is 1. The number of methoxy groups -OCH3 is 1. The topological polar surface area (TPSA) is 80.8 Å².